The van der Waals surface area contributed by atoms with Gasteiger partial charge in [0.2, 0.25) is 0 Å². The van der Waals surface area contributed by atoms with E-state index >= 15 is 0 Å². The number of halogens is 3. The van der Waals surface area contributed by atoms with E-state index in [0.29, 0.717) is 6.54 Å². The predicted octanol–water partition coefficient (Wildman–Crippen LogP) is -3.08. The second-order valence-corrected chi connectivity index (χ2v) is 2.04. The number of hydrogen-bond donors (Lipinski definition) is 1. The Morgan fingerprint density at radius 3 is 2.38 bits per heavy atom. The molecule has 0 spiro atoms. The molecular weight excluding hydrogens is 196 g/mol. The lowest BCUT2D eigenvalue weighted by molar-refractivity contribution is -0.650. The lowest BCUT2D eigenvalue weighted by Crippen LogP contribution is -3.00. The lowest BCUT2D eigenvalue weighted by Gasteiger charge is -1.90. The Bertz CT molecular complexity index is 35.2. The third kappa shape index (κ3) is 9.83. The molecule has 0 unspecified atom stereocenters. The van der Waals surface area contributed by atoms with Crippen molar-refractivity contribution in [2.75, 3.05) is 25.1 Å². The molecule has 0 saturated carbocycles. The van der Waals surface area contributed by atoms with Gasteiger partial charge in [0, 0.05) is 0 Å². The summed E-state index contributed by atoms with van der Waals surface area (Å²) < 4.78 is 11.3. The van der Waals surface area contributed by atoms with E-state index in [2.05, 4.69) is 15.9 Å². The van der Waals surface area contributed by atoms with E-state index in [9.17, 15) is 4.39 Å². The number of hydrogen-bond acceptors (Lipinski definition) is 0. The summed E-state index contributed by atoms with van der Waals surface area (Å²) >= 11 is 3.23. The third-order valence-corrected chi connectivity index (χ3v) is 1.08. The number of quaternary nitrogens is 1. The number of nitrogens with two attached hydrogens (primary N) is 1. The Kier molecular flexibility index (Phi) is 15.2. The van der Waals surface area contributed by atoms with Crippen molar-refractivity contribution in [3.8, 4) is 0 Å². The average molecular weight is 206 g/mol. The molecule has 0 aliphatic carbocycles. The second kappa shape index (κ2) is 10.6. The molecule has 1 nitrogen and oxygen atoms in total. The van der Waals surface area contributed by atoms with Crippen LogP contribution >= 0.6 is 15.9 Å². The Morgan fingerprint density at radius 2 is 2.00 bits per heavy atom. The average Bonchev–Trinajstić information content (AvgIpc) is 1.69. The van der Waals surface area contributed by atoms with Crippen LogP contribution in [0.25, 0.3) is 0 Å². The van der Waals surface area contributed by atoms with Crippen LogP contribution in [0.3, 0.4) is 0 Å². The van der Waals surface area contributed by atoms with Crippen LogP contribution in [0.2, 0.25) is 0 Å². The van der Waals surface area contributed by atoms with E-state index in [1.54, 1.807) is 0 Å². The predicted molar refractivity (Wildman–Crippen MR) is 31.4 cm³/mol. The highest BCUT2D eigenvalue weighted by Gasteiger charge is 1.83. The van der Waals surface area contributed by atoms with Crippen molar-refractivity contribution in [1.29, 1.82) is 0 Å². The van der Waals surface area contributed by atoms with E-state index in [4.69, 9.17) is 0 Å². The van der Waals surface area contributed by atoms with Gasteiger partial charge in [-0.05, 0) is 0 Å². The fourth-order valence-electron chi connectivity index (χ4n) is 0.299. The maximum Gasteiger partial charge on any atom is 0.138 e. The fraction of sp³-hybridized carbons (Fsp3) is 1.00. The molecule has 0 fully saturated rings. The highest BCUT2D eigenvalue weighted by Crippen LogP contribution is 1.68. The highest BCUT2D eigenvalue weighted by atomic mass is 79.9. The van der Waals surface area contributed by atoms with Gasteiger partial charge in [-0.1, -0.05) is 15.9 Å². The zero-order valence-electron chi connectivity index (χ0n) is 4.54. The van der Waals surface area contributed by atoms with Gasteiger partial charge in [-0.25, -0.2) is 4.39 Å². The topological polar surface area (TPSA) is 16.6 Å². The van der Waals surface area contributed by atoms with E-state index in [-0.39, 0.29) is 19.1 Å². The molecule has 0 aliphatic rings. The van der Waals surface area contributed by atoms with Gasteiger partial charge in [-0.15, -0.1) is 0 Å². The summed E-state index contributed by atoms with van der Waals surface area (Å²) in [6, 6.07) is 0. The highest BCUT2D eigenvalue weighted by molar-refractivity contribution is 9.09. The first-order valence-electron chi connectivity index (χ1n) is 2.35. The summed E-state index contributed by atoms with van der Waals surface area (Å²) in [6.45, 7) is 1.36. The van der Waals surface area contributed by atoms with E-state index in [1.165, 1.54) is 0 Å². The lowest BCUT2D eigenvalue weighted by atomic mass is 10.6. The molecule has 0 atom stereocenters. The zero-order chi connectivity index (χ0) is 5.54. The second-order valence-electron chi connectivity index (χ2n) is 1.24. The summed E-state index contributed by atoms with van der Waals surface area (Å²) in [6.07, 6.45) is 0. The Hall–Kier alpha value is 0.660. The van der Waals surface area contributed by atoms with Crippen molar-refractivity contribution in [3.05, 3.63) is 0 Å². The number of rotatable bonds is 4. The van der Waals surface area contributed by atoms with E-state index < -0.39 is 0 Å². The van der Waals surface area contributed by atoms with Gasteiger partial charge in [0.05, 0.1) is 11.9 Å². The molecular formula is C4H10BrClFN. The van der Waals surface area contributed by atoms with Gasteiger partial charge >= 0.3 is 0 Å². The standard InChI is InChI=1S/C4H9BrFN.ClH/c5-1-3-7-4-2-6;/h7H,1-4H2;1H. The van der Waals surface area contributed by atoms with Crippen LogP contribution in [-0.4, -0.2) is 25.1 Å². The van der Waals surface area contributed by atoms with Crippen molar-refractivity contribution in [1.82, 2.24) is 0 Å². The Balaban J connectivity index is 0. The smallest absolute Gasteiger partial charge is 0.138 e. The third-order valence-electron chi connectivity index (χ3n) is 0.626. The molecule has 8 heavy (non-hydrogen) atoms. The van der Waals surface area contributed by atoms with E-state index in [0.717, 1.165) is 11.9 Å². The van der Waals surface area contributed by atoms with Crippen LogP contribution in [0, 0.1) is 0 Å². The maximum atomic E-state index is 11.3. The van der Waals surface area contributed by atoms with Crippen molar-refractivity contribution in [3.63, 3.8) is 0 Å². The normalized spacial score (nSPS) is 8.25. The number of alkyl halides is 2. The summed E-state index contributed by atoms with van der Waals surface area (Å²) in [5.41, 5.74) is 0. The van der Waals surface area contributed by atoms with Gasteiger partial charge in [-0.2, -0.15) is 0 Å². The first-order valence-corrected chi connectivity index (χ1v) is 3.47. The summed E-state index contributed by atoms with van der Waals surface area (Å²) in [5, 5.41) is 2.89. The Labute approximate surface area is 63.6 Å². The van der Waals surface area contributed by atoms with Gasteiger partial charge in [0.1, 0.15) is 13.2 Å². The maximum absolute atomic E-state index is 11.3. The van der Waals surface area contributed by atoms with Crippen LogP contribution < -0.4 is 17.7 Å². The monoisotopic (exact) mass is 205 g/mol. The molecule has 0 rings (SSSR count). The van der Waals surface area contributed by atoms with Crippen LogP contribution in [0.5, 0.6) is 0 Å². The summed E-state index contributed by atoms with van der Waals surface area (Å²) in [5.74, 6) is 0. The van der Waals surface area contributed by atoms with Crippen molar-refractivity contribution < 1.29 is 22.1 Å². The minimum Gasteiger partial charge on any atom is -1.00 e. The Morgan fingerprint density at radius 1 is 1.38 bits per heavy atom. The molecule has 0 aromatic rings. The zero-order valence-corrected chi connectivity index (χ0v) is 6.88. The molecule has 0 aliphatic heterocycles. The van der Waals surface area contributed by atoms with Crippen molar-refractivity contribution in [2.24, 2.45) is 0 Å². The molecule has 4 heteroatoms. The molecule has 0 amide bonds. The fourth-order valence-corrected chi connectivity index (χ4v) is 0.622. The van der Waals surface area contributed by atoms with Crippen LogP contribution in [-0.2, 0) is 0 Å². The molecule has 0 bridgehead atoms. The van der Waals surface area contributed by atoms with Gasteiger partial charge in [-0.3, -0.25) is 0 Å². The SMILES string of the molecule is FCC[NH2+]CCBr.[Cl-]. The van der Waals surface area contributed by atoms with Crippen LogP contribution in [0.4, 0.5) is 4.39 Å². The quantitative estimate of drug-likeness (QED) is 0.371. The summed E-state index contributed by atoms with van der Waals surface area (Å²) in [7, 11) is 0. The first kappa shape index (κ1) is 11.5. The van der Waals surface area contributed by atoms with Gasteiger partial charge < -0.3 is 17.7 Å². The van der Waals surface area contributed by atoms with E-state index in [1.807, 2.05) is 5.32 Å². The molecule has 52 valence electrons. The molecule has 0 radical (unpaired) electrons. The minimum atomic E-state index is -0.215. The van der Waals surface area contributed by atoms with Crippen LogP contribution in [0.15, 0.2) is 0 Å². The molecule has 0 saturated heterocycles. The van der Waals surface area contributed by atoms with Crippen molar-refractivity contribution in [2.45, 2.75) is 0 Å². The molecule has 0 heterocycles. The molecule has 0 aromatic heterocycles. The minimum absolute atomic E-state index is 0. The van der Waals surface area contributed by atoms with Crippen molar-refractivity contribution >= 4 is 15.9 Å². The largest absolute Gasteiger partial charge is 1.00 e. The molecule has 2 N–H and O–H groups in total. The summed E-state index contributed by atoms with van der Waals surface area (Å²) in [4.78, 5) is 0. The first-order chi connectivity index (χ1) is 3.41. The molecule has 0 aromatic carbocycles. The van der Waals surface area contributed by atoms with Gasteiger partial charge in [0.15, 0.2) is 0 Å². The van der Waals surface area contributed by atoms with Crippen LogP contribution in [0.1, 0.15) is 0 Å². The van der Waals surface area contributed by atoms with Gasteiger partial charge in [0.25, 0.3) is 0 Å².